The van der Waals surface area contributed by atoms with E-state index in [0.29, 0.717) is 0 Å². The molecular weight excluding hydrogens is 240 g/mol. The zero-order valence-corrected chi connectivity index (χ0v) is 10.3. The van der Waals surface area contributed by atoms with E-state index in [1.54, 1.807) is 0 Å². The quantitative estimate of drug-likeness (QED) is 0.538. The fourth-order valence-corrected chi connectivity index (χ4v) is 1.39. The average molecular weight is 256 g/mol. The third kappa shape index (κ3) is 4.82. The first-order valence-corrected chi connectivity index (χ1v) is 5.22. The number of aliphatic carboxylic acids is 1. The van der Waals surface area contributed by atoms with E-state index in [1.165, 1.54) is 13.8 Å². The minimum absolute atomic E-state index is 0.740. The van der Waals surface area contributed by atoms with Gasteiger partial charge in [0.25, 0.3) is 0 Å². The van der Waals surface area contributed by atoms with Crippen LogP contribution in [0.5, 0.6) is 0 Å². The highest BCUT2D eigenvalue weighted by Crippen LogP contribution is 2.17. The minimum atomic E-state index is -1.23. The van der Waals surface area contributed by atoms with Gasteiger partial charge < -0.3 is 14.6 Å². The summed E-state index contributed by atoms with van der Waals surface area (Å²) in [4.78, 5) is 33.1. The van der Waals surface area contributed by atoms with Crippen molar-refractivity contribution in [2.75, 3.05) is 0 Å². The van der Waals surface area contributed by atoms with Gasteiger partial charge in [-0.1, -0.05) is 13.2 Å². The van der Waals surface area contributed by atoms with E-state index in [1.807, 2.05) is 0 Å². The molecule has 100 valence electrons. The standard InChI is InChI=1S/C12H16O6/c1-5-9(13)17-7(3)11(12(15)16)8(4)18-10(14)6-2/h5-8,11H,1-2H2,3-4H3,(H,15,16). The van der Waals surface area contributed by atoms with Gasteiger partial charge in [-0.2, -0.15) is 0 Å². The summed E-state index contributed by atoms with van der Waals surface area (Å²) >= 11 is 0. The van der Waals surface area contributed by atoms with Crippen LogP contribution in [0.3, 0.4) is 0 Å². The first-order valence-electron chi connectivity index (χ1n) is 5.22. The monoisotopic (exact) mass is 256 g/mol. The number of carboxylic acids is 1. The van der Waals surface area contributed by atoms with Crippen LogP contribution in [-0.2, 0) is 23.9 Å². The third-order valence-electron chi connectivity index (χ3n) is 2.23. The van der Waals surface area contributed by atoms with Crippen LogP contribution in [0.15, 0.2) is 25.3 Å². The van der Waals surface area contributed by atoms with Crippen molar-refractivity contribution in [2.24, 2.45) is 5.92 Å². The molecule has 2 atom stereocenters. The summed E-state index contributed by atoms with van der Waals surface area (Å²) in [5.74, 6) is -3.88. The number of hydrogen-bond donors (Lipinski definition) is 1. The molecule has 0 heterocycles. The van der Waals surface area contributed by atoms with Gasteiger partial charge in [0.2, 0.25) is 0 Å². The van der Waals surface area contributed by atoms with Crippen molar-refractivity contribution in [3.8, 4) is 0 Å². The van der Waals surface area contributed by atoms with E-state index >= 15 is 0 Å². The summed E-state index contributed by atoms with van der Waals surface area (Å²) in [5, 5.41) is 9.05. The summed E-state index contributed by atoms with van der Waals surface area (Å²) < 4.78 is 9.61. The molecule has 0 rings (SSSR count). The highest BCUT2D eigenvalue weighted by Gasteiger charge is 2.34. The van der Waals surface area contributed by atoms with Crippen molar-refractivity contribution in [2.45, 2.75) is 26.1 Å². The van der Waals surface area contributed by atoms with Gasteiger partial charge >= 0.3 is 17.9 Å². The Kier molecular flexibility index (Phi) is 6.41. The van der Waals surface area contributed by atoms with Crippen LogP contribution >= 0.6 is 0 Å². The van der Waals surface area contributed by atoms with Crippen molar-refractivity contribution in [1.82, 2.24) is 0 Å². The van der Waals surface area contributed by atoms with Crippen LogP contribution in [0.25, 0.3) is 0 Å². The minimum Gasteiger partial charge on any atom is -0.481 e. The topological polar surface area (TPSA) is 89.9 Å². The molecule has 0 saturated heterocycles. The first-order chi connectivity index (χ1) is 8.33. The van der Waals surface area contributed by atoms with Gasteiger partial charge in [0, 0.05) is 12.2 Å². The summed E-state index contributed by atoms with van der Waals surface area (Å²) in [6, 6.07) is 0. The van der Waals surface area contributed by atoms with Gasteiger partial charge in [0.05, 0.1) is 0 Å². The summed E-state index contributed by atoms with van der Waals surface area (Å²) in [6.07, 6.45) is -0.0627. The van der Waals surface area contributed by atoms with Crippen molar-refractivity contribution in [3.63, 3.8) is 0 Å². The first kappa shape index (κ1) is 15.9. The van der Waals surface area contributed by atoms with Gasteiger partial charge in [0.1, 0.15) is 18.1 Å². The number of carbonyl (C=O) groups is 3. The molecule has 0 bridgehead atoms. The number of esters is 2. The van der Waals surface area contributed by atoms with E-state index in [9.17, 15) is 14.4 Å². The van der Waals surface area contributed by atoms with Crippen LogP contribution < -0.4 is 0 Å². The van der Waals surface area contributed by atoms with E-state index in [2.05, 4.69) is 13.2 Å². The Morgan fingerprint density at radius 2 is 1.33 bits per heavy atom. The molecule has 0 aliphatic heterocycles. The SMILES string of the molecule is C=CC(=O)OC(C)C(C(=O)O)C(C)OC(=O)C=C. The molecule has 0 radical (unpaired) electrons. The Hall–Kier alpha value is -2.11. The number of ether oxygens (including phenoxy) is 2. The van der Waals surface area contributed by atoms with Crippen molar-refractivity contribution in [1.29, 1.82) is 0 Å². The Labute approximate surface area is 105 Å². The largest absolute Gasteiger partial charge is 0.481 e. The Balaban J connectivity index is 4.78. The molecule has 0 spiro atoms. The van der Waals surface area contributed by atoms with Crippen LogP contribution in [-0.4, -0.2) is 35.2 Å². The highest BCUT2D eigenvalue weighted by atomic mass is 16.6. The molecular formula is C12H16O6. The number of carboxylic acid groups (broad SMARTS) is 1. The lowest BCUT2D eigenvalue weighted by Gasteiger charge is -2.25. The number of rotatable bonds is 7. The Morgan fingerprint density at radius 1 is 1.00 bits per heavy atom. The average Bonchev–Trinajstić information content (AvgIpc) is 2.27. The molecule has 6 nitrogen and oxygen atoms in total. The molecule has 0 aromatic rings. The summed E-state index contributed by atoms with van der Waals surface area (Å²) in [5.41, 5.74) is 0. The lowest BCUT2D eigenvalue weighted by Crippen LogP contribution is -2.39. The lowest BCUT2D eigenvalue weighted by molar-refractivity contribution is -0.164. The molecule has 6 heteroatoms. The van der Waals surface area contributed by atoms with Gasteiger partial charge in [-0.3, -0.25) is 4.79 Å². The van der Waals surface area contributed by atoms with Crippen LogP contribution in [0.2, 0.25) is 0 Å². The maximum absolute atomic E-state index is 11.1. The van der Waals surface area contributed by atoms with Gasteiger partial charge in [-0.05, 0) is 13.8 Å². The van der Waals surface area contributed by atoms with E-state index < -0.39 is 36.0 Å². The maximum Gasteiger partial charge on any atom is 0.330 e. The molecule has 0 aromatic carbocycles. The zero-order valence-electron chi connectivity index (χ0n) is 10.3. The van der Waals surface area contributed by atoms with Crippen LogP contribution in [0.4, 0.5) is 0 Å². The van der Waals surface area contributed by atoms with Gasteiger partial charge in [0.15, 0.2) is 0 Å². The fourth-order valence-electron chi connectivity index (χ4n) is 1.39. The van der Waals surface area contributed by atoms with E-state index in [4.69, 9.17) is 14.6 Å². The van der Waals surface area contributed by atoms with Crippen LogP contribution in [0, 0.1) is 5.92 Å². The summed E-state index contributed by atoms with van der Waals surface area (Å²) in [6.45, 7) is 9.21. The van der Waals surface area contributed by atoms with E-state index in [-0.39, 0.29) is 0 Å². The van der Waals surface area contributed by atoms with Crippen molar-refractivity contribution < 1.29 is 29.0 Å². The predicted octanol–water partition coefficient (Wildman–Crippen LogP) is 0.923. The van der Waals surface area contributed by atoms with Crippen molar-refractivity contribution in [3.05, 3.63) is 25.3 Å². The fraction of sp³-hybridized carbons (Fsp3) is 0.417. The molecule has 0 aromatic heterocycles. The number of carbonyl (C=O) groups excluding carboxylic acids is 2. The smallest absolute Gasteiger partial charge is 0.330 e. The highest BCUT2D eigenvalue weighted by molar-refractivity contribution is 5.83. The second-order valence-electron chi connectivity index (χ2n) is 3.56. The normalized spacial score (nSPS) is 14.8. The van der Waals surface area contributed by atoms with E-state index in [0.717, 1.165) is 12.2 Å². The van der Waals surface area contributed by atoms with Crippen LogP contribution in [0.1, 0.15) is 13.8 Å². The van der Waals surface area contributed by atoms with Crippen molar-refractivity contribution >= 4 is 17.9 Å². The molecule has 0 amide bonds. The molecule has 0 fully saturated rings. The second-order valence-corrected chi connectivity index (χ2v) is 3.56. The predicted molar refractivity (Wildman–Crippen MR) is 62.6 cm³/mol. The molecule has 1 N–H and O–H groups in total. The number of hydrogen-bond acceptors (Lipinski definition) is 5. The Bertz CT molecular complexity index is 332. The molecule has 0 aliphatic rings. The summed E-state index contributed by atoms with van der Waals surface area (Å²) in [7, 11) is 0. The third-order valence-corrected chi connectivity index (χ3v) is 2.23. The lowest BCUT2D eigenvalue weighted by atomic mass is 9.98. The van der Waals surface area contributed by atoms with Gasteiger partial charge in [-0.25, -0.2) is 9.59 Å². The Morgan fingerprint density at radius 3 is 1.56 bits per heavy atom. The zero-order chi connectivity index (χ0) is 14.3. The maximum atomic E-state index is 11.1. The van der Waals surface area contributed by atoms with Gasteiger partial charge in [-0.15, -0.1) is 0 Å². The molecule has 18 heavy (non-hydrogen) atoms. The molecule has 0 saturated carbocycles. The molecule has 0 aliphatic carbocycles. The second kappa shape index (κ2) is 7.26. The molecule has 2 unspecified atom stereocenters.